The number of pyridine rings is 1. The zero-order valence-corrected chi connectivity index (χ0v) is 12.0. The van der Waals surface area contributed by atoms with E-state index >= 15 is 0 Å². The number of nitrogens with zero attached hydrogens (tertiary/aromatic N) is 3. The van der Waals surface area contributed by atoms with Crippen molar-refractivity contribution < 1.29 is 0 Å². The van der Waals surface area contributed by atoms with Crippen LogP contribution in [0, 0.1) is 26.2 Å². The van der Waals surface area contributed by atoms with Crippen LogP contribution in [-0.2, 0) is 7.05 Å². The first-order chi connectivity index (χ1) is 9.36. The average molecular weight is 290 g/mol. The summed E-state index contributed by atoms with van der Waals surface area (Å²) >= 11 is 5.97. The van der Waals surface area contributed by atoms with Gasteiger partial charge in [0.15, 0.2) is 0 Å². The Balaban J connectivity index is 2.89. The van der Waals surface area contributed by atoms with Gasteiger partial charge in [-0.05, 0) is 25.5 Å². The molecular formula is C14H12ClN3O2. The zero-order valence-electron chi connectivity index (χ0n) is 11.3. The van der Waals surface area contributed by atoms with Gasteiger partial charge in [-0.15, -0.1) is 6.42 Å². The fourth-order valence-electron chi connectivity index (χ4n) is 1.84. The Bertz CT molecular complexity index is 856. The van der Waals surface area contributed by atoms with Gasteiger partial charge < -0.3 is 0 Å². The molecule has 6 heteroatoms. The molecule has 2 aromatic rings. The number of aromatic nitrogens is 3. The molecule has 2 rings (SSSR count). The number of hydrogen-bond acceptors (Lipinski definition) is 3. The molecule has 0 N–H and O–H groups in total. The largest absolute Gasteiger partial charge is 0.337 e. The van der Waals surface area contributed by atoms with E-state index in [1.54, 1.807) is 19.9 Å². The van der Waals surface area contributed by atoms with Crippen LogP contribution in [0.15, 0.2) is 21.7 Å². The van der Waals surface area contributed by atoms with Crippen molar-refractivity contribution in [1.29, 1.82) is 0 Å². The number of halogens is 1. The molecule has 5 nitrogen and oxygen atoms in total. The Morgan fingerprint density at radius 2 is 1.95 bits per heavy atom. The fraction of sp³-hybridized carbons (Fsp3) is 0.214. The van der Waals surface area contributed by atoms with E-state index in [1.165, 1.54) is 17.7 Å². The Kier molecular flexibility index (Phi) is 3.51. The summed E-state index contributed by atoms with van der Waals surface area (Å²) < 4.78 is 2.21. The quantitative estimate of drug-likeness (QED) is 0.741. The first-order valence-corrected chi connectivity index (χ1v) is 6.18. The zero-order chi connectivity index (χ0) is 15.0. The van der Waals surface area contributed by atoms with Crippen LogP contribution >= 0.6 is 11.6 Å². The molecule has 0 aliphatic heterocycles. The predicted octanol–water partition coefficient (Wildman–Crippen LogP) is 1.18. The molecule has 0 radical (unpaired) electrons. The van der Waals surface area contributed by atoms with Gasteiger partial charge in [0, 0.05) is 13.1 Å². The summed E-state index contributed by atoms with van der Waals surface area (Å²) in [6.45, 7) is 3.44. The molecule has 102 valence electrons. The van der Waals surface area contributed by atoms with Gasteiger partial charge in [0.1, 0.15) is 11.5 Å². The van der Waals surface area contributed by atoms with E-state index in [9.17, 15) is 9.59 Å². The van der Waals surface area contributed by atoms with Gasteiger partial charge in [-0.25, -0.2) is 14.3 Å². The molecule has 0 aliphatic rings. The van der Waals surface area contributed by atoms with Crippen LogP contribution in [0.3, 0.4) is 0 Å². The van der Waals surface area contributed by atoms with Crippen LogP contribution < -0.4 is 11.2 Å². The van der Waals surface area contributed by atoms with Crippen LogP contribution in [0.25, 0.3) is 5.82 Å². The summed E-state index contributed by atoms with van der Waals surface area (Å²) in [6.07, 6.45) is 5.26. The van der Waals surface area contributed by atoms with Gasteiger partial charge in [0.2, 0.25) is 0 Å². The minimum atomic E-state index is -0.539. The monoisotopic (exact) mass is 289 g/mol. The highest BCUT2D eigenvalue weighted by Gasteiger charge is 2.14. The molecule has 0 saturated heterocycles. The lowest BCUT2D eigenvalue weighted by Gasteiger charge is -2.11. The molecule has 0 atom stereocenters. The number of terminal acetylenes is 1. The SMILES string of the molecule is C#Cc1cc(=O)n(-c2nc(C)c(Cl)cc2C)c(=O)n1C. The summed E-state index contributed by atoms with van der Waals surface area (Å²) in [6, 6.07) is 2.90. The number of hydrogen-bond donors (Lipinski definition) is 0. The van der Waals surface area contributed by atoms with Gasteiger partial charge in [0.25, 0.3) is 5.56 Å². The third-order valence-electron chi connectivity index (χ3n) is 3.00. The molecule has 0 aliphatic carbocycles. The molecule has 2 heterocycles. The second-order valence-corrected chi connectivity index (χ2v) is 4.79. The van der Waals surface area contributed by atoms with Gasteiger partial charge in [-0.3, -0.25) is 9.36 Å². The molecule has 0 saturated carbocycles. The molecule has 0 aromatic carbocycles. The van der Waals surface area contributed by atoms with E-state index in [-0.39, 0.29) is 11.5 Å². The van der Waals surface area contributed by atoms with Gasteiger partial charge >= 0.3 is 5.69 Å². The second kappa shape index (κ2) is 4.99. The molecule has 0 fully saturated rings. The highest BCUT2D eigenvalue weighted by Crippen LogP contribution is 2.18. The van der Waals surface area contributed by atoms with E-state index in [1.807, 2.05) is 0 Å². The predicted molar refractivity (Wildman–Crippen MR) is 77.5 cm³/mol. The first kappa shape index (κ1) is 14.1. The Morgan fingerprint density at radius 3 is 2.55 bits per heavy atom. The maximum absolute atomic E-state index is 12.3. The van der Waals surface area contributed by atoms with Crippen LogP contribution in [-0.4, -0.2) is 14.1 Å². The Morgan fingerprint density at radius 1 is 1.30 bits per heavy atom. The molecule has 20 heavy (non-hydrogen) atoms. The smallest absolute Gasteiger partial charge is 0.289 e. The lowest BCUT2D eigenvalue weighted by molar-refractivity contribution is 0.715. The average Bonchev–Trinajstić information content (AvgIpc) is 2.39. The second-order valence-electron chi connectivity index (χ2n) is 4.39. The Labute approximate surface area is 120 Å². The maximum Gasteiger partial charge on any atom is 0.337 e. The summed E-state index contributed by atoms with van der Waals surface area (Å²) in [5.41, 5.74) is 0.344. The van der Waals surface area contributed by atoms with Crippen LogP contribution in [0.1, 0.15) is 17.0 Å². The highest BCUT2D eigenvalue weighted by atomic mass is 35.5. The topological polar surface area (TPSA) is 56.9 Å². The van der Waals surface area contributed by atoms with Gasteiger partial charge in [-0.2, -0.15) is 0 Å². The molecule has 0 bridgehead atoms. The van der Waals surface area contributed by atoms with Gasteiger partial charge in [-0.1, -0.05) is 17.5 Å². The summed E-state index contributed by atoms with van der Waals surface area (Å²) in [7, 11) is 1.51. The van der Waals surface area contributed by atoms with E-state index in [0.29, 0.717) is 16.3 Å². The Hall–Kier alpha value is -2.32. The van der Waals surface area contributed by atoms with Crippen molar-refractivity contribution in [1.82, 2.24) is 14.1 Å². The van der Waals surface area contributed by atoms with Crippen molar-refractivity contribution in [3.63, 3.8) is 0 Å². The normalized spacial score (nSPS) is 10.3. The summed E-state index contributed by atoms with van der Waals surface area (Å²) in [4.78, 5) is 28.6. The highest BCUT2D eigenvalue weighted by molar-refractivity contribution is 6.31. The van der Waals surface area contributed by atoms with Crippen molar-refractivity contribution in [3.8, 4) is 18.2 Å². The van der Waals surface area contributed by atoms with Crippen LogP contribution in [0.4, 0.5) is 0 Å². The van der Waals surface area contributed by atoms with Crippen LogP contribution in [0.5, 0.6) is 0 Å². The minimum Gasteiger partial charge on any atom is -0.289 e. The first-order valence-electron chi connectivity index (χ1n) is 5.80. The maximum atomic E-state index is 12.3. The van der Waals surface area contributed by atoms with Crippen molar-refractivity contribution in [3.05, 3.63) is 54.9 Å². The third-order valence-corrected chi connectivity index (χ3v) is 3.38. The molecule has 2 aromatic heterocycles. The van der Waals surface area contributed by atoms with Gasteiger partial charge in [0.05, 0.1) is 10.7 Å². The minimum absolute atomic E-state index is 0.222. The van der Waals surface area contributed by atoms with Crippen LogP contribution in [0.2, 0.25) is 5.02 Å². The number of rotatable bonds is 1. The molecule has 0 amide bonds. The summed E-state index contributed by atoms with van der Waals surface area (Å²) in [5, 5.41) is 0.483. The lowest BCUT2D eigenvalue weighted by Crippen LogP contribution is -2.39. The standard InChI is InChI=1S/C14H12ClN3O2/c1-5-10-7-12(19)18(14(20)17(10)4)13-8(2)6-11(15)9(3)16-13/h1,6-7H,2-4H3. The van der Waals surface area contributed by atoms with E-state index < -0.39 is 11.2 Å². The van der Waals surface area contributed by atoms with Crippen molar-refractivity contribution in [2.24, 2.45) is 7.05 Å². The third kappa shape index (κ3) is 2.15. The van der Waals surface area contributed by atoms with Crippen molar-refractivity contribution in [2.45, 2.75) is 13.8 Å². The number of aryl methyl sites for hydroxylation is 2. The lowest BCUT2D eigenvalue weighted by atomic mass is 10.2. The van der Waals surface area contributed by atoms with E-state index in [0.717, 1.165) is 4.57 Å². The molecule has 0 unspecified atom stereocenters. The fourth-order valence-corrected chi connectivity index (χ4v) is 2.05. The van der Waals surface area contributed by atoms with E-state index in [4.69, 9.17) is 18.0 Å². The van der Waals surface area contributed by atoms with Crippen molar-refractivity contribution >= 4 is 11.6 Å². The molecular weight excluding hydrogens is 278 g/mol. The van der Waals surface area contributed by atoms with E-state index in [2.05, 4.69) is 10.9 Å². The van der Waals surface area contributed by atoms with Crippen molar-refractivity contribution in [2.75, 3.05) is 0 Å². The summed E-state index contributed by atoms with van der Waals surface area (Å²) in [5.74, 6) is 2.56. The molecule has 0 spiro atoms.